The van der Waals surface area contributed by atoms with Crippen molar-refractivity contribution in [1.82, 2.24) is 10.2 Å². The van der Waals surface area contributed by atoms with Crippen LogP contribution in [0.5, 0.6) is 5.75 Å². The smallest absolute Gasteiger partial charge is 0.120 e. The van der Waals surface area contributed by atoms with Crippen molar-refractivity contribution in [2.75, 3.05) is 26.2 Å². The maximum atomic E-state index is 9.89. The molecular formula is C16H28N2O. The number of likely N-dealkylation sites (N-methyl/N-ethyl adjacent to an activating group) is 1. The maximum Gasteiger partial charge on any atom is 0.120 e. The van der Waals surface area contributed by atoms with Crippen LogP contribution >= 0.6 is 0 Å². The molecule has 0 aliphatic carbocycles. The Morgan fingerprint density at radius 2 is 2.00 bits per heavy atom. The average molecular weight is 264 g/mol. The van der Waals surface area contributed by atoms with Crippen LogP contribution in [0.2, 0.25) is 0 Å². The second kappa shape index (κ2) is 8.18. The first-order valence-corrected chi connectivity index (χ1v) is 7.33. The lowest BCUT2D eigenvalue weighted by atomic mass is 10.0. The fourth-order valence-corrected chi connectivity index (χ4v) is 2.31. The van der Waals surface area contributed by atoms with E-state index in [1.165, 1.54) is 12.0 Å². The molecule has 1 aromatic rings. The standard InChI is InChI=1S/C16H28N2O/c1-5-10-18(6-2)11-9-17-14(4)15-12-13(3)7-8-16(15)19/h7-8,12,14,17,19H,5-6,9-11H2,1-4H3. The first kappa shape index (κ1) is 16.0. The molecule has 1 rings (SSSR count). The van der Waals surface area contributed by atoms with E-state index in [1.54, 1.807) is 6.07 Å². The number of aryl methyl sites for hydroxylation is 1. The largest absolute Gasteiger partial charge is 0.508 e. The highest BCUT2D eigenvalue weighted by Crippen LogP contribution is 2.24. The minimum atomic E-state index is 0.181. The molecule has 1 atom stereocenters. The van der Waals surface area contributed by atoms with Crippen LogP contribution in [-0.4, -0.2) is 36.2 Å². The Hall–Kier alpha value is -1.06. The zero-order valence-electron chi connectivity index (χ0n) is 12.7. The maximum absolute atomic E-state index is 9.89. The van der Waals surface area contributed by atoms with Crippen molar-refractivity contribution in [3.05, 3.63) is 29.3 Å². The average Bonchev–Trinajstić information content (AvgIpc) is 2.40. The van der Waals surface area contributed by atoms with Gasteiger partial charge in [0.15, 0.2) is 0 Å². The van der Waals surface area contributed by atoms with Crippen LogP contribution in [0.25, 0.3) is 0 Å². The Balaban J connectivity index is 2.46. The van der Waals surface area contributed by atoms with Gasteiger partial charge in [-0.25, -0.2) is 0 Å². The highest BCUT2D eigenvalue weighted by atomic mass is 16.3. The van der Waals surface area contributed by atoms with Gasteiger partial charge in [0.1, 0.15) is 5.75 Å². The Bertz CT molecular complexity index is 379. The summed E-state index contributed by atoms with van der Waals surface area (Å²) >= 11 is 0. The molecule has 1 unspecified atom stereocenters. The summed E-state index contributed by atoms with van der Waals surface area (Å²) in [5.74, 6) is 0.381. The lowest BCUT2D eigenvalue weighted by molar-refractivity contribution is 0.283. The quantitative estimate of drug-likeness (QED) is 0.757. The molecule has 0 radical (unpaired) electrons. The summed E-state index contributed by atoms with van der Waals surface area (Å²) in [4.78, 5) is 2.44. The molecule has 0 fully saturated rings. The van der Waals surface area contributed by atoms with Gasteiger partial charge in [-0.05, 0) is 39.4 Å². The number of hydrogen-bond acceptors (Lipinski definition) is 3. The number of nitrogens with one attached hydrogen (secondary N) is 1. The summed E-state index contributed by atoms with van der Waals surface area (Å²) in [6.45, 7) is 12.8. The summed E-state index contributed by atoms with van der Waals surface area (Å²) < 4.78 is 0. The third kappa shape index (κ3) is 5.21. The van der Waals surface area contributed by atoms with E-state index in [9.17, 15) is 5.11 Å². The van der Waals surface area contributed by atoms with E-state index < -0.39 is 0 Å². The number of nitrogens with zero attached hydrogens (tertiary/aromatic N) is 1. The summed E-state index contributed by atoms with van der Waals surface area (Å²) in [5, 5.41) is 13.4. The van der Waals surface area contributed by atoms with E-state index in [4.69, 9.17) is 0 Å². The molecule has 2 N–H and O–H groups in total. The van der Waals surface area contributed by atoms with E-state index in [0.717, 1.165) is 31.7 Å². The van der Waals surface area contributed by atoms with E-state index >= 15 is 0 Å². The number of phenols is 1. The lowest BCUT2D eigenvalue weighted by Gasteiger charge is -2.22. The van der Waals surface area contributed by atoms with Crippen LogP contribution in [0, 0.1) is 6.92 Å². The Kier molecular flexibility index (Phi) is 6.89. The second-order valence-corrected chi connectivity index (χ2v) is 5.17. The lowest BCUT2D eigenvalue weighted by Crippen LogP contribution is -2.33. The molecule has 0 aromatic heterocycles. The van der Waals surface area contributed by atoms with E-state index in [1.807, 2.05) is 6.07 Å². The van der Waals surface area contributed by atoms with Crippen molar-refractivity contribution < 1.29 is 5.11 Å². The first-order valence-electron chi connectivity index (χ1n) is 7.33. The Morgan fingerprint density at radius 1 is 1.26 bits per heavy atom. The molecule has 1 aromatic carbocycles. The molecule has 108 valence electrons. The minimum Gasteiger partial charge on any atom is -0.508 e. The van der Waals surface area contributed by atoms with Gasteiger partial charge in [0.25, 0.3) is 0 Å². The number of rotatable bonds is 8. The molecule has 0 aliphatic heterocycles. The third-order valence-electron chi connectivity index (χ3n) is 3.52. The Labute approximate surface area is 117 Å². The first-order chi connectivity index (χ1) is 9.08. The van der Waals surface area contributed by atoms with E-state index in [2.05, 4.69) is 44.0 Å². The monoisotopic (exact) mass is 264 g/mol. The van der Waals surface area contributed by atoms with Gasteiger partial charge in [-0.2, -0.15) is 0 Å². The topological polar surface area (TPSA) is 35.5 Å². The van der Waals surface area contributed by atoms with Crippen LogP contribution in [-0.2, 0) is 0 Å². The molecule has 0 bridgehead atoms. The molecule has 3 nitrogen and oxygen atoms in total. The molecule has 0 saturated carbocycles. The minimum absolute atomic E-state index is 0.181. The van der Waals surface area contributed by atoms with Crippen molar-refractivity contribution in [2.45, 2.75) is 40.2 Å². The van der Waals surface area contributed by atoms with Gasteiger partial charge in [0, 0.05) is 24.7 Å². The predicted octanol–water partition coefficient (Wildman–Crippen LogP) is 3.08. The molecule has 3 heteroatoms. The fraction of sp³-hybridized carbons (Fsp3) is 0.625. The van der Waals surface area contributed by atoms with E-state index in [0.29, 0.717) is 5.75 Å². The number of benzene rings is 1. The summed E-state index contributed by atoms with van der Waals surface area (Å²) in [5.41, 5.74) is 2.17. The van der Waals surface area contributed by atoms with Gasteiger partial charge in [0.2, 0.25) is 0 Å². The molecule has 0 aliphatic rings. The highest BCUT2D eigenvalue weighted by molar-refractivity contribution is 5.37. The Morgan fingerprint density at radius 3 is 2.63 bits per heavy atom. The molecule has 19 heavy (non-hydrogen) atoms. The predicted molar refractivity (Wildman–Crippen MR) is 81.7 cm³/mol. The van der Waals surface area contributed by atoms with Crippen LogP contribution in [0.15, 0.2) is 18.2 Å². The second-order valence-electron chi connectivity index (χ2n) is 5.17. The van der Waals surface area contributed by atoms with Crippen molar-refractivity contribution in [3.8, 4) is 5.75 Å². The number of phenolic OH excluding ortho intramolecular Hbond substituents is 1. The van der Waals surface area contributed by atoms with Crippen LogP contribution in [0.1, 0.15) is 44.4 Å². The highest BCUT2D eigenvalue weighted by Gasteiger charge is 2.10. The molecule has 0 heterocycles. The van der Waals surface area contributed by atoms with Crippen molar-refractivity contribution in [1.29, 1.82) is 0 Å². The van der Waals surface area contributed by atoms with Gasteiger partial charge in [0.05, 0.1) is 0 Å². The van der Waals surface area contributed by atoms with Crippen LogP contribution in [0.4, 0.5) is 0 Å². The summed E-state index contributed by atoms with van der Waals surface area (Å²) in [6, 6.07) is 5.95. The summed E-state index contributed by atoms with van der Waals surface area (Å²) in [7, 11) is 0. The molecule has 0 saturated heterocycles. The van der Waals surface area contributed by atoms with Crippen LogP contribution in [0.3, 0.4) is 0 Å². The van der Waals surface area contributed by atoms with Gasteiger partial charge in [-0.1, -0.05) is 31.5 Å². The van der Waals surface area contributed by atoms with Crippen molar-refractivity contribution in [2.24, 2.45) is 0 Å². The van der Waals surface area contributed by atoms with Crippen LogP contribution < -0.4 is 5.32 Å². The van der Waals surface area contributed by atoms with Gasteiger partial charge in [-0.3, -0.25) is 0 Å². The SMILES string of the molecule is CCCN(CC)CCNC(C)c1cc(C)ccc1O. The zero-order chi connectivity index (χ0) is 14.3. The summed E-state index contributed by atoms with van der Waals surface area (Å²) in [6.07, 6.45) is 1.20. The van der Waals surface area contributed by atoms with Gasteiger partial charge < -0.3 is 15.3 Å². The third-order valence-corrected chi connectivity index (χ3v) is 3.52. The number of hydrogen-bond donors (Lipinski definition) is 2. The van der Waals surface area contributed by atoms with Gasteiger partial charge >= 0.3 is 0 Å². The van der Waals surface area contributed by atoms with Gasteiger partial charge in [-0.15, -0.1) is 0 Å². The molecular weight excluding hydrogens is 236 g/mol. The van der Waals surface area contributed by atoms with Crippen molar-refractivity contribution >= 4 is 0 Å². The number of aromatic hydroxyl groups is 1. The fourth-order valence-electron chi connectivity index (χ4n) is 2.31. The molecule has 0 amide bonds. The zero-order valence-corrected chi connectivity index (χ0v) is 12.7. The molecule has 0 spiro atoms. The van der Waals surface area contributed by atoms with E-state index in [-0.39, 0.29) is 6.04 Å². The van der Waals surface area contributed by atoms with Crippen molar-refractivity contribution in [3.63, 3.8) is 0 Å². The normalized spacial score (nSPS) is 12.9.